The minimum Gasteiger partial charge on any atom is -0.375 e. The van der Waals surface area contributed by atoms with E-state index in [1.807, 2.05) is 42.0 Å². The normalized spacial score (nSPS) is 24.1. The van der Waals surface area contributed by atoms with Gasteiger partial charge in [0, 0.05) is 24.8 Å². The number of nitrogens with zero attached hydrogens (tertiary/aromatic N) is 3. The van der Waals surface area contributed by atoms with Crippen molar-refractivity contribution in [2.24, 2.45) is 5.73 Å². The van der Waals surface area contributed by atoms with E-state index < -0.39 is 0 Å². The van der Waals surface area contributed by atoms with Gasteiger partial charge in [0.1, 0.15) is 6.04 Å². The van der Waals surface area contributed by atoms with Crippen molar-refractivity contribution in [3.05, 3.63) is 36.2 Å². The summed E-state index contributed by atoms with van der Waals surface area (Å²) in [6.45, 7) is 3.85. The molecule has 1 fully saturated rings. The van der Waals surface area contributed by atoms with Crippen molar-refractivity contribution in [2.75, 3.05) is 13.2 Å². The number of ether oxygens (including phenoxy) is 1. The van der Waals surface area contributed by atoms with E-state index >= 15 is 0 Å². The molecule has 2 aromatic rings. The maximum Gasteiger partial charge on any atom is 0.237 e. The summed E-state index contributed by atoms with van der Waals surface area (Å²) in [5, 5.41) is 4.32. The van der Waals surface area contributed by atoms with Crippen molar-refractivity contribution in [3.8, 4) is 0 Å². The molecule has 0 radical (unpaired) electrons. The second-order valence-corrected chi connectivity index (χ2v) is 5.09. The molecule has 106 valence electrons. The van der Waals surface area contributed by atoms with Crippen LogP contribution in [0.2, 0.25) is 0 Å². The monoisotopic (exact) mass is 274 g/mol. The number of amides is 1. The minimum atomic E-state index is -0.387. The number of primary amides is 1. The van der Waals surface area contributed by atoms with E-state index in [9.17, 15) is 4.79 Å². The first-order valence-corrected chi connectivity index (χ1v) is 6.73. The maximum absolute atomic E-state index is 11.6. The molecule has 6 heteroatoms. The van der Waals surface area contributed by atoms with Gasteiger partial charge in [0.25, 0.3) is 0 Å². The van der Waals surface area contributed by atoms with Gasteiger partial charge in [0.15, 0.2) is 0 Å². The van der Waals surface area contributed by atoms with Gasteiger partial charge in [-0.2, -0.15) is 5.10 Å². The van der Waals surface area contributed by atoms with Crippen LogP contribution in [0.25, 0.3) is 5.52 Å². The number of hydrogen-bond acceptors (Lipinski definition) is 4. The molecule has 3 heterocycles. The summed E-state index contributed by atoms with van der Waals surface area (Å²) in [5.41, 5.74) is 7.65. The number of carbonyl (C=O) groups excluding carboxylic acids is 1. The Hall–Kier alpha value is -1.92. The smallest absolute Gasteiger partial charge is 0.237 e. The van der Waals surface area contributed by atoms with Crippen LogP contribution < -0.4 is 5.73 Å². The highest BCUT2D eigenvalue weighted by Gasteiger charge is 2.33. The fraction of sp³-hybridized carbons (Fsp3) is 0.429. The summed E-state index contributed by atoms with van der Waals surface area (Å²) in [6, 6.07) is 5.55. The fourth-order valence-electron chi connectivity index (χ4n) is 2.80. The summed E-state index contributed by atoms with van der Waals surface area (Å²) in [4.78, 5) is 13.7. The summed E-state index contributed by atoms with van der Waals surface area (Å²) in [7, 11) is 0. The van der Waals surface area contributed by atoms with Crippen LogP contribution in [0.3, 0.4) is 0 Å². The van der Waals surface area contributed by atoms with E-state index in [2.05, 4.69) is 10.00 Å². The Labute approximate surface area is 117 Å². The standard InChI is InChI=1S/C14H18N4O2/c1-10-13(14(15)19)17(6-7-20-10)9-11-8-16-18-5-3-2-4-12(11)18/h2-5,8,10,13H,6-7,9H2,1H3,(H2,15,19)/t10-,13+/m1/s1. The Morgan fingerprint density at radius 3 is 3.20 bits per heavy atom. The topological polar surface area (TPSA) is 72.9 Å². The van der Waals surface area contributed by atoms with Crippen LogP contribution in [-0.4, -0.2) is 45.7 Å². The summed E-state index contributed by atoms with van der Waals surface area (Å²) in [5.74, 6) is -0.339. The van der Waals surface area contributed by atoms with E-state index in [1.165, 1.54) is 0 Å². The number of pyridine rings is 1. The molecule has 0 spiro atoms. The van der Waals surface area contributed by atoms with Crippen LogP contribution in [0.15, 0.2) is 30.6 Å². The first-order valence-electron chi connectivity index (χ1n) is 6.73. The minimum absolute atomic E-state index is 0.178. The van der Waals surface area contributed by atoms with Crippen molar-refractivity contribution in [1.82, 2.24) is 14.5 Å². The molecular formula is C14H18N4O2. The van der Waals surface area contributed by atoms with Crippen molar-refractivity contribution < 1.29 is 9.53 Å². The second-order valence-electron chi connectivity index (χ2n) is 5.09. The number of rotatable bonds is 3. The first-order chi connectivity index (χ1) is 9.66. The van der Waals surface area contributed by atoms with Crippen LogP contribution in [0.5, 0.6) is 0 Å². The molecule has 3 rings (SSSR count). The van der Waals surface area contributed by atoms with Gasteiger partial charge in [-0.25, -0.2) is 4.52 Å². The number of nitrogens with two attached hydrogens (primary N) is 1. The first kappa shape index (κ1) is 13.1. The number of carbonyl (C=O) groups is 1. The quantitative estimate of drug-likeness (QED) is 0.880. The van der Waals surface area contributed by atoms with Gasteiger partial charge in [-0.3, -0.25) is 9.69 Å². The fourth-order valence-corrected chi connectivity index (χ4v) is 2.80. The summed E-state index contributed by atoms with van der Waals surface area (Å²) >= 11 is 0. The van der Waals surface area contributed by atoms with Gasteiger partial charge in [0.2, 0.25) is 5.91 Å². The lowest BCUT2D eigenvalue weighted by Crippen LogP contribution is -2.56. The average Bonchev–Trinajstić information content (AvgIpc) is 2.82. The van der Waals surface area contributed by atoms with Gasteiger partial charge < -0.3 is 10.5 Å². The Kier molecular flexibility index (Phi) is 3.42. The lowest BCUT2D eigenvalue weighted by molar-refractivity contribution is -0.136. The second kappa shape index (κ2) is 5.22. The molecule has 0 aromatic carbocycles. The van der Waals surface area contributed by atoms with Crippen LogP contribution in [0.4, 0.5) is 0 Å². The maximum atomic E-state index is 11.6. The molecule has 2 atom stereocenters. The van der Waals surface area contributed by atoms with E-state index in [0.29, 0.717) is 19.7 Å². The van der Waals surface area contributed by atoms with Gasteiger partial charge in [-0.15, -0.1) is 0 Å². The number of fused-ring (bicyclic) bond motifs is 1. The SMILES string of the molecule is C[C@H]1OCCN(Cc2cnn3ccccc23)[C@@H]1C(N)=O. The van der Waals surface area contributed by atoms with E-state index in [4.69, 9.17) is 10.5 Å². The van der Waals surface area contributed by atoms with Gasteiger partial charge in [0.05, 0.1) is 24.4 Å². The Bertz CT molecular complexity index is 624. The highest BCUT2D eigenvalue weighted by atomic mass is 16.5. The lowest BCUT2D eigenvalue weighted by Gasteiger charge is -2.37. The predicted octanol–water partition coefficient (Wildman–Crippen LogP) is 0.409. The molecule has 1 amide bonds. The molecule has 0 aliphatic carbocycles. The Morgan fingerprint density at radius 2 is 2.40 bits per heavy atom. The van der Waals surface area contributed by atoms with Gasteiger partial charge in [-0.05, 0) is 19.1 Å². The largest absolute Gasteiger partial charge is 0.375 e. The number of aromatic nitrogens is 2. The number of hydrogen-bond donors (Lipinski definition) is 1. The molecule has 1 aliphatic heterocycles. The number of morpholine rings is 1. The molecule has 2 N–H and O–H groups in total. The average molecular weight is 274 g/mol. The van der Waals surface area contributed by atoms with Crippen molar-refractivity contribution in [2.45, 2.75) is 25.6 Å². The molecule has 6 nitrogen and oxygen atoms in total. The highest BCUT2D eigenvalue weighted by Crippen LogP contribution is 2.19. The van der Waals surface area contributed by atoms with Crippen molar-refractivity contribution in [3.63, 3.8) is 0 Å². The lowest BCUT2D eigenvalue weighted by atomic mass is 10.1. The molecule has 20 heavy (non-hydrogen) atoms. The van der Waals surface area contributed by atoms with Gasteiger partial charge >= 0.3 is 0 Å². The highest BCUT2D eigenvalue weighted by molar-refractivity contribution is 5.80. The van der Waals surface area contributed by atoms with Crippen LogP contribution >= 0.6 is 0 Å². The third kappa shape index (κ3) is 2.28. The molecular weight excluding hydrogens is 256 g/mol. The van der Waals surface area contributed by atoms with Crippen molar-refractivity contribution in [1.29, 1.82) is 0 Å². The van der Waals surface area contributed by atoms with E-state index in [0.717, 1.165) is 11.1 Å². The third-order valence-electron chi connectivity index (χ3n) is 3.77. The molecule has 1 aliphatic rings. The third-order valence-corrected chi connectivity index (χ3v) is 3.77. The van der Waals surface area contributed by atoms with E-state index in [1.54, 1.807) is 0 Å². The zero-order valence-electron chi connectivity index (χ0n) is 11.4. The molecule has 0 bridgehead atoms. The van der Waals surface area contributed by atoms with Crippen molar-refractivity contribution >= 4 is 11.4 Å². The summed E-state index contributed by atoms with van der Waals surface area (Å²) in [6.07, 6.45) is 3.57. The molecule has 0 saturated carbocycles. The predicted molar refractivity (Wildman–Crippen MR) is 74.0 cm³/mol. The van der Waals surface area contributed by atoms with Crippen LogP contribution in [-0.2, 0) is 16.1 Å². The van der Waals surface area contributed by atoms with E-state index in [-0.39, 0.29) is 18.1 Å². The van der Waals surface area contributed by atoms with Gasteiger partial charge in [-0.1, -0.05) is 6.07 Å². The summed E-state index contributed by atoms with van der Waals surface area (Å²) < 4.78 is 7.36. The zero-order valence-corrected chi connectivity index (χ0v) is 11.4. The van der Waals surface area contributed by atoms with Crippen LogP contribution in [0.1, 0.15) is 12.5 Å². The Balaban J connectivity index is 1.87. The Morgan fingerprint density at radius 1 is 1.55 bits per heavy atom. The zero-order chi connectivity index (χ0) is 14.1. The molecule has 0 unspecified atom stereocenters. The van der Waals surface area contributed by atoms with Crippen LogP contribution in [0, 0.1) is 0 Å². The molecule has 2 aromatic heterocycles. The molecule has 1 saturated heterocycles.